The van der Waals surface area contributed by atoms with Crippen LogP contribution in [0.15, 0.2) is 39.4 Å². The summed E-state index contributed by atoms with van der Waals surface area (Å²) in [5, 5.41) is 2.64. The summed E-state index contributed by atoms with van der Waals surface area (Å²) in [6.07, 6.45) is 0. The number of anilines is 1. The molecule has 0 spiro atoms. The van der Waals surface area contributed by atoms with Crippen molar-refractivity contribution in [1.82, 2.24) is 4.98 Å². The molecule has 0 bridgehead atoms. The lowest BCUT2D eigenvalue weighted by atomic mass is 10.2. The Hall–Kier alpha value is -1.27. The summed E-state index contributed by atoms with van der Waals surface area (Å²) < 4.78 is 14.7. The number of hydrogen-bond acceptors (Lipinski definition) is 2. The van der Waals surface area contributed by atoms with Crippen LogP contribution in [0, 0.1) is 12.7 Å². The molecule has 1 aromatic carbocycles. The van der Waals surface area contributed by atoms with Crippen molar-refractivity contribution in [1.29, 1.82) is 0 Å². The Bertz CT molecular complexity index is 626. The third-order valence-corrected chi connectivity index (χ3v) is 3.59. The first-order valence-electron chi connectivity index (χ1n) is 5.37. The highest BCUT2D eigenvalue weighted by Gasteiger charge is 2.16. The molecule has 0 aliphatic heterocycles. The van der Waals surface area contributed by atoms with Gasteiger partial charge in [-0.2, -0.15) is 0 Å². The minimum absolute atomic E-state index is 0.0233. The van der Waals surface area contributed by atoms with E-state index in [4.69, 9.17) is 0 Å². The maximum absolute atomic E-state index is 13.7. The van der Waals surface area contributed by atoms with Gasteiger partial charge in [0.15, 0.2) is 0 Å². The normalized spacial score (nSPS) is 10.3. The smallest absolute Gasteiger partial charge is 0.259 e. The zero-order valence-corrected chi connectivity index (χ0v) is 13.0. The average Bonchev–Trinajstić information content (AvgIpc) is 2.32. The monoisotopic (exact) mass is 386 g/mol. The van der Waals surface area contributed by atoms with E-state index in [1.54, 1.807) is 25.1 Å². The molecule has 19 heavy (non-hydrogen) atoms. The molecule has 0 atom stereocenters. The zero-order valence-electron chi connectivity index (χ0n) is 9.88. The molecule has 0 saturated carbocycles. The molecule has 1 aromatic heterocycles. The summed E-state index contributed by atoms with van der Waals surface area (Å²) in [5.41, 5.74) is 1.17. The van der Waals surface area contributed by atoms with Crippen molar-refractivity contribution < 1.29 is 9.18 Å². The molecule has 2 aromatic rings. The number of hydrogen-bond donors (Lipinski definition) is 1. The lowest BCUT2D eigenvalue weighted by molar-refractivity contribution is 0.102. The molecular formula is C13H9Br2FN2O. The zero-order chi connectivity index (χ0) is 14.0. The fourth-order valence-electron chi connectivity index (χ4n) is 1.56. The van der Waals surface area contributed by atoms with Crippen molar-refractivity contribution in [2.24, 2.45) is 0 Å². The predicted octanol–water partition coefficient (Wildman–Crippen LogP) is 4.31. The predicted molar refractivity (Wildman–Crippen MR) is 78.7 cm³/mol. The van der Waals surface area contributed by atoms with E-state index in [2.05, 4.69) is 42.2 Å². The van der Waals surface area contributed by atoms with Crippen molar-refractivity contribution >= 4 is 43.5 Å². The van der Waals surface area contributed by atoms with E-state index in [1.807, 2.05) is 0 Å². The molecule has 3 nitrogen and oxygen atoms in total. The number of halogens is 3. The number of carbonyl (C=O) groups excluding carboxylic acids is 1. The van der Waals surface area contributed by atoms with Crippen LogP contribution in [0.4, 0.5) is 10.1 Å². The Labute approximate surface area is 126 Å². The van der Waals surface area contributed by atoms with Crippen molar-refractivity contribution in [2.75, 3.05) is 5.32 Å². The maximum atomic E-state index is 13.7. The minimum atomic E-state index is -0.574. The van der Waals surface area contributed by atoms with Crippen LogP contribution >= 0.6 is 31.9 Å². The molecule has 1 heterocycles. The van der Waals surface area contributed by atoms with E-state index in [-0.39, 0.29) is 5.56 Å². The van der Waals surface area contributed by atoms with Crippen LogP contribution in [0.3, 0.4) is 0 Å². The number of aryl methyl sites for hydroxylation is 1. The lowest BCUT2D eigenvalue weighted by Gasteiger charge is -2.09. The number of aromatic nitrogens is 1. The van der Waals surface area contributed by atoms with Crippen molar-refractivity contribution in [2.45, 2.75) is 6.92 Å². The van der Waals surface area contributed by atoms with Gasteiger partial charge in [-0.05, 0) is 63.0 Å². The van der Waals surface area contributed by atoms with Crippen LogP contribution in [0.1, 0.15) is 16.1 Å². The standard InChI is InChI=1S/C13H9Br2FN2O/c1-7-10(5-6-11(15)17-7)18-13(19)12-8(14)3-2-4-9(12)16/h2-6H,1H3,(H,18,19). The molecule has 98 valence electrons. The highest BCUT2D eigenvalue weighted by Crippen LogP contribution is 2.22. The quantitative estimate of drug-likeness (QED) is 0.780. The molecule has 2 rings (SSSR count). The molecule has 0 saturated heterocycles. The average molecular weight is 388 g/mol. The van der Waals surface area contributed by atoms with Crippen LogP contribution in [0.25, 0.3) is 0 Å². The molecular weight excluding hydrogens is 379 g/mol. The number of carbonyl (C=O) groups is 1. The Morgan fingerprint density at radius 2 is 2.00 bits per heavy atom. The van der Waals surface area contributed by atoms with Crippen molar-refractivity contribution in [3.63, 3.8) is 0 Å². The third-order valence-electron chi connectivity index (χ3n) is 2.49. The Morgan fingerprint density at radius 1 is 1.26 bits per heavy atom. The number of rotatable bonds is 2. The van der Waals surface area contributed by atoms with Gasteiger partial charge in [-0.25, -0.2) is 9.37 Å². The highest BCUT2D eigenvalue weighted by molar-refractivity contribution is 9.10. The number of nitrogens with one attached hydrogen (secondary N) is 1. The summed E-state index contributed by atoms with van der Waals surface area (Å²) in [4.78, 5) is 16.2. The second-order valence-corrected chi connectivity index (χ2v) is 5.48. The van der Waals surface area contributed by atoms with Gasteiger partial charge in [0.05, 0.1) is 16.9 Å². The fourth-order valence-corrected chi connectivity index (χ4v) is 2.48. The molecule has 0 unspecified atom stereocenters. The topological polar surface area (TPSA) is 42.0 Å². The Kier molecular flexibility index (Phi) is 4.31. The summed E-state index contributed by atoms with van der Waals surface area (Å²) in [6.45, 7) is 1.76. The van der Waals surface area contributed by atoms with Crippen LogP contribution < -0.4 is 5.32 Å². The van der Waals surface area contributed by atoms with Gasteiger partial charge < -0.3 is 5.32 Å². The summed E-state index contributed by atoms with van der Waals surface area (Å²) in [5.74, 6) is -1.09. The first kappa shape index (κ1) is 14.1. The van der Waals surface area contributed by atoms with Gasteiger partial charge in [0.2, 0.25) is 0 Å². The first-order chi connectivity index (χ1) is 8.99. The Balaban J connectivity index is 2.31. The number of pyridine rings is 1. The van der Waals surface area contributed by atoms with Gasteiger partial charge in [0, 0.05) is 4.47 Å². The lowest BCUT2D eigenvalue weighted by Crippen LogP contribution is -2.15. The number of amides is 1. The van der Waals surface area contributed by atoms with Crippen LogP contribution in [0.2, 0.25) is 0 Å². The fraction of sp³-hybridized carbons (Fsp3) is 0.0769. The molecule has 6 heteroatoms. The third kappa shape index (κ3) is 3.19. The SMILES string of the molecule is Cc1nc(Br)ccc1NC(=O)c1c(F)cccc1Br. The maximum Gasteiger partial charge on any atom is 0.259 e. The van der Waals surface area contributed by atoms with Crippen LogP contribution in [-0.2, 0) is 0 Å². The van der Waals surface area contributed by atoms with Crippen LogP contribution in [-0.4, -0.2) is 10.9 Å². The van der Waals surface area contributed by atoms with Crippen molar-refractivity contribution in [3.8, 4) is 0 Å². The van der Waals surface area contributed by atoms with Gasteiger partial charge >= 0.3 is 0 Å². The largest absolute Gasteiger partial charge is 0.320 e. The van der Waals surface area contributed by atoms with E-state index in [9.17, 15) is 9.18 Å². The van der Waals surface area contributed by atoms with E-state index in [0.29, 0.717) is 20.5 Å². The summed E-state index contributed by atoms with van der Waals surface area (Å²) in [6, 6.07) is 7.80. The molecule has 0 radical (unpaired) electrons. The number of nitrogens with zero attached hydrogens (tertiary/aromatic N) is 1. The first-order valence-corrected chi connectivity index (χ1v) is 6.96. The van der Waals surface area contributed by atoms with Crippen LogP contribution in [0.5, 0.6) is 0 Å². The van der Waals surface area contributed by atoms with Gasteiger partial charge in [-0.3, -0.25) is 4.79 Å². The van der Waals surface area contributed by atoms with E-state index < -0.39 is 11.7 Å². The van der Waals surface area contributed by atoms with Gasteiger partial charge in [-0.1, -0.05) is 6.07 Å². The molecule has 0 aliphatic rings. The number of benzene rings is 1. The molecule has 1 N–H and O–H groups in total. The second-order valence-electron chi connectivity index (χ2n) is 3.82. The Morgan fingerprint density at radius 3 is 2.63 bits per heavy atom. The van der Waals surface area contributed by atoms with Gasteiger partial charge in [0.1, 0.15) is 10.4 Å². The molecule has 0 fully saturated rings. The summed E-state index contributed by atoms with van der Waals surface area (Å²) >= 11 is 6.41. The van der Waals surface area contributed by atoms with E-state index >= 15 is 0 Å². The molecule has 0 aliphatic carbocycles. The molecule has 1 amide bonds. The van der Waals surface area contributed by atoms with E-state index in [0.717, 1.165) is 0 Å². The highest BCUT2D eigenvalue weighted by atomic mass is 79.9. The van der Waals surface area contributed by atoms with Crippen molar-refractivity contribution in [3.05, 3.63) is 56.5 Å². The second kappa shape index (κ2) is 5.79. The van der Waals surface area contributed by atoms with Gasteiger partial charge in [-0.15, -0.1) is 0 Å². The minimum Gasteiger partial charge on any atom is -0.320 e. The van der Waals surface area contributed by atoms with E-state index in [1.165, 1.54) is 12.1 Å². The summed E-state index contributed by atoms with van der Waals surface area (Å²) in [7, 11) is 0. The van der Waals surface area contributed by atoms with Gasteiger partial charge in [0.25, 0.3) is 5.91 Å².